The first-order valence-electron chi connectivity index (χ1n) is 6.06. The first-order chi connectivity index (χ1) is 9.50. The predicted octanol–water partition coefficient (Wildman–Crippen LogP) is 1.84. The quantitative estimate of drug-likeness (QED) is 0.648. The molecule has 1 aromatic rings. The smallest absolute Gasteiger partial charge is 0.202 e. The molecule has 0 bridgehead atoms. The second-order valence-corrected chi connectivity index (χ2v) is 4.46. The van der Waals surface area contributed by atoms with Crippen molar-refractivity contribution in [2.45, 2.75) is 5.79 Å². The monoisotopic (exact) mass is 276 g/mol. The summed E-state index contributed by atoms with van der Waals surface area (Å²) >= 11 is 0. The molecule has 106 valence electrons. The zero-order valence-electron chi connectivity index (χ0n) is 11.2. The van der Waals surface area contributed by atoms with Crippen molar-refractivity contribution in [1.82, 2.24) is 0 Å². The van der Waals surface area contributed by atoms with Crippen LogP contribution in [0.25, 0.3) is 0 Å². The number of methoxy groups -OCH3 is 2. The minimum absolute atomic E-state index is 0.149. The summed E-state index contributed by atoms with van der Waals surface area (Å²) in [7, 11) is 2.78. The van der Waals surface area contributed by atoms with Gasteiger partial charge < -0.3 is 19.7 Å². The molecule has 20 heavy (non-hydrogen) atoms. The highest BCUT2D eigenvalue weighted by Gasteiger charge is 2.41. The van der Waals surface area contributed by atoms with Gasteiger partial charge in [-0.05, 0) is 18.2 Å². The summed E-state index contributed by atoms with van der Waals surface area (Å²) in [5.41, 5.74) is 0.393. The molecule has 0 aliphatic heterocycles. The Balaban J connectivity index is 2.35. The molecule has 1 aliphatic carbocycles. The maximum Gasteiger partial charge on any atom is 0.202 e. The van der Waals surface area contributed by atoms with Crippen LogP contribution in [0.3, 0.4) is 0 Å². The molecule has 1 aromatic carbocycles. The average Bonchev–Trinajstić information content (AvgIpc) is 2.46. The Morgan fingerprint density at radius 3 is 2.75 bits per heavy atom. The average molecular weight is 276 g/mol. The maximum absolute atomic E-state index is 12.5. The molecule has 2 atom stereocenters. The van der Waals surface area contributed by atoms with Gasteiger partial charge in [0.15, 0.2) is 5.78 Å². The molecule has 5 heteroatoms. The summed E-state index contributed by atoms with van der Waals surface area (Å²) in [6.45, 7) is 0. The van der Waals surface area contributed by atoms with Crippen LogP contribution in [0.1, 0.15) is 10.4 Å². The van der Waals surface area contributed by atoms with Gasteiger partial charge in [-0.25, -0.2) is 0 Å². The van der Waals surface area contributed by atoms with E-state index in [-0.39, 0.29) is 11.5 Å². The van der Waals surface area contributed by atoms with Crippen LogP contribution < -0.4 is 4.74 Å². The molecule has 2 unspecified atom stereocenters. The van der Waals surface area contributed by atoms with Gasteiger partial charge in [-0.3, -0.25) is 4.79 Å². The molecule has 0 aromatic heterocycles. The fourth-order valence-electron chi connectivity index (χ4n) is 2.10. The second kappa shape index (κ2) is 5.48. The third-order valence-corrected chi connectivity index (χ3v) is 3.22. The summed E-state index contributed by atoms with van der Waals surface area (Å²) in [6.07, 6.45) is 3.88. The van der Waals surface area contributed by atoms with E-state index in [9.17, 15) is 15.0 Å². The molecule has 0 radical (unpaired) electrons. The zero-order valence-corrected chi connectivity index (χ0v) is 11.2. The molecule has 0 fully saturated rings. The summed E-state index contributed by atoms with van der Waals surface area (Å²) in [5.74, 6) is -2.72. The van der Waals surface area contributed by atoms with Crippen molar-refractivity contribution in [3.05, 3.63) is 53.8 Å². The van der Waals surface area contributed by atoms with E-state index in [4.69, 9.17) is 9.47 Å². The van der Waals surface area contributed by atoms with Crippen molar-refractivity contribution in [2.24, 2.45) is 5.92 Å². The second-order valence-electron chi connectivity index (χ2n) is 4.46. The van der Waals surface area contributed by atoms with E-state index in [0.29, 0.717) is 11.3 Å². The maximum atomic E-state index is 12.5. The normalized spacial score (nSPS) is 25.1. The van der Waals surface area contributed by atoms with Gasteiger partial charge in [0.25, 0.3) is 0 Å². The molecular formula is C15H16O5. The lowest BCUT2D eigenvalue weighted by Gasteiger charge is -2.31. The number of hydrogen-bond acceptors (Lipinski definition) is 5. The molecule has 2 rings (SSSR count). The Kier molecular flexibility index (Phi) is 3.92. The van der Waals surface area contributed by atoms with Gasteiger partial charge in [0.05, 0.1) is 13.0 Å². The first-order valence-corrected chi connectivity index (χ1v) is 6.06. The van der Waals surface area contributed by atoms with E-state index in [1.807, 2.05) is 0 Å². The molecule has 1 aliphatic rings. The van der Waals surface area contributed by atoms with Crippen molar-refractivity contribution in [3.63, 3.8) is 0 Å². The Morgan fingerprint density at radius 1 is 1.35 bits per heavy atom. The molecule has 0 saturated carbocycles. The number of carbonyl (C=O) groups excluding carboxylic acids is 1. The number of aliphatic hydroxyl groups is 2. The van der Waals surface area contributed by atoms with E-state index < -0.39 is 11.7 Å². The zero-order chi connectivity index (χ0) is 14.8. The lowest BCUT2D eigenvalue weighted by atomic mass is 9.86. The highest BCUT2D eigenvalue weighted by molar-refractivity contribution is 6.00. The summed E-state index contributed by atoms with van der Waals surface area (Å²) in [6, 6.07) is 6.64. The summed E-state index contributed by atoms with van der Waals surface area (Å²) in [5, 5.41) is 19.7. The van der Waals surface area contributed by atoms with Gasteiger partial charge >= 0.3 is 0 Å². The largest absolute Gasteiger partial charge is 0.508 e. The van der Waals surface area contributed by atoms with Crippen LogP contribution in [0.5, 0.6) is 5.75 Å². The van der Waals surface area contributed by atoms with Gasteiger partial charge in [0.1, 0.15) is 11.5 Å². The van der Waals surface area contributed by atoms with Crippen LogP contribution in [0, 0.1) is 5.92 Å². The van der Waals surface area contributed by atoms with E-state index in [1.54, 1.807) is 24.3 Å². The van der Waals surface area contributed by atoms with Gasteiger partial charge in [-0.1, -0.05) is 18.2 Å². The van der Waals surface area contributed by atoms with Crippen LogP contribution in [-0.2, 0) is 4.74 Å². The minimum atomic E-state index is -1.86. The minimum Gasteiger partial charge on any atom is -0.508 e. The van der Waals surface area contributed by atoms with Crippen molar-refractivity contribution < 1.29 is 24.5 Å². The third-order valence-electron chi connectivity index (χ3n) is 3.22. The summed E-state index contributed by atoms with van der Waals surface area (Å²) in [4.78, 5) is 12.5. The number of rotatable bonds is 4. The van der Waals surface area contributed by atoms with Crippen molar-refractivity contribution >= 4 is 5.78 Å². The molecule has 0 amide bonds. The third kappa shape index (κ3) is 2.59. The number of aliphatic hydroxyl groups excluding tert-OH is 1. The van der Waals surface area contributed by atoms with Crippen LogP contribution >= 0.6 is 0 Å². The van der Waals surface area contributed by atoms with E-state index in [1.165, 1.54) is 26.4 Å². The Labute approximate surface area is 116 Å². The van der Waals surface area contributed by atoms with Gasteiger partial charge in [0.2, 0.25) is 5.79 Å². The SMILES string of the molecule is COc1cccc(C(=O)C2C=CC(O)=CC2(O)OC)c1. The number of allylic oxidation sites excluding steroid dienone is 1. The first kappa shape index (κ1) is 14.3. The van der Waals surface area contributed by atoms with Gasteiger partial charge in [0, 0.05) is 18.7 Å². The molecule has 0 heterocycles. The van der Waals surface area contributed by atoms with Crippen LogP contribution in [0.15, 0.2) is 48.3 Å². The van der Waals surface area contributed by atoms with Crippen molar-refractivity contribution in [3.8, 4) is 5.75 Å². The van der Waals surface area contributed by atoms with E-state index in [0.717, 1.165) is 6.08 Å². The Bertz CT molecular complexity index is 575. The van der Waals surface area contributed by atoms with E-state index >= 15 is 0 Å². The fourth-order valence-corrected chi connectivity index (χ4v) is 2.10. The Morgan fingerprint density at radius 2 is 2.10 bits per heavy atom. The van der Waals surface area contributed by atoms with Crippen LogP contribution in [-0.4, -0.2) is 36.0 Å². The molecule has 5 nitrogen and oxygen atoms in total. The molecular weight excluding hydrogens is 260 g/mol. The van der Waals surface area contributed by atoms with Crippen LogP contribution in [0.4, 0.5) is 0 Å². The number of carbonyl (C=O) groups is 1. The molecule has 0 spiro atoms. The summed E-state index contributed by atoms with van der Waals surface area (Å²) < 4.78 is 10.0. The highest BCUT2D eigenvalue weighted by Crippen LogP contribution is 2.31. The molecule has 2 N–H and O–H groups in total. The standard InChI is InChI=1S/C15H16O5/c1-19-12-5-3-4-10(8-12)14(17)13-7-6-11(16)9-15(13,18)20-2/h3-9,13,16,18H,1-2H3. The van der Waals surface area contributed by atoms with Gasteiger partial charge in [-0.2, -0.15) is 0 Å². The Hall–Kier alpha value is -2.11. The lowest BCUT2D eigenvalue weighted by molar-refractivity contribution is -0.164. The van der Waals surface area contributed by atoms with Crippen LogP contribution in [0.2, 0.25) is 0 Å². The topological polar surface area (TPSA) is 76.0 Å². The highest BCUT2D eigenvalue weighted by atomic mass is 16.6. The fraction of sp³-hybridized carbons (Fsp3) is 0.267. The number of ketones is 1. The van der Waals surface area contributed by atoms with E-state index in [2.05, 4.69) is 0 Å². The number of Topliss-reactive ketones (excluding diaryl/α,β-unsaturated/α-hetero) is 1. The number of ether oxygens (including phenoxy) is 2. The predicted molar refractivity (Wildman–Crippen MR) is 72.6 cm³/mol. The van der Waals surface area contributed by atoms with Gasteiger partial charge in [-0.15, -0.1) is 0 Å². The molecule has 0 saturated heterocycles. The number of benzene rings is 1. The lowest BCUT2D eigenvalue weighted by Crippen LogP contribution is -2.43. The van der Waals surface area contributed by atoms with Crippen molar-refractivity contribution in [1.29, 1.82) is 0 Å². The van der Waals surface area contributed by atoms with Crippen molar-refractivity contribution in [2.75, 3.05) is 14.2 Å². The number of hydrogen-bond donors (Lipinski definition) is 2.